The molecule has 34 heavy (non-hydrogen) atoms. The van der Waals surface area contributed by atoms with Gasteiger partial charge in [0.1, 0.15) is 17.7 Å². The van der Waals surface area contributed by atoms with Gasteiger partial charge in [0.2, 0.25) is 5.75 Å². The lowest BCUT2D eigenvalue weighted by Crippen LogP contribution is -2.28. The molecule has 1 aromatic heterocycles. The van der Waals surface area contributed by atoms with Crippen LogP contribution in [0.5, 0.6) is 5.75 Å². The molecule has 0 radical (unpaired) electrons. The lowest BCUT2D eigenvalue weighted by molar-refractivity contribution is 0.0604. The van der Waals surface area contributed by atoms with Crippen LogP contribution in [0, 0.1) is 5.82 Å². The zero-order chi connectivity index (χ0) is 23.9. The Bertz CT molecular complexity index is 1310. The number of aromatic hydroxyl groups is 1. The first-order valence-corrected chi connectivity index (χ1v) is 10.6. The molecular weight excluding hydrogens is 437 g/mol. The van der Waals surface area contributed by atoms with Crippen LogP contribution in [0.1, 0.15) is 39.1 Å². The van der Waals surface area contributed by atoms with Crippen LogP contribution >= 0.6 is 0 Å². The van der Waals surface area contributed by atoms with Crippen LogP contribution in [0.25, 0.3) is 0 Å². The van der Waals surface area contributed by atoms with Crippen molar-refractivity contribution in [2.75, 3.05) is 0 Å². The van der Waals surface area contributed by atoms with Gasteiger partial charge < -0.3 is 20.1 Å². The fraction of sp³-hybridized carbons (Fsp3) is 0.115. The number of ether oxygens (including phenoxy) is 1. The summed E-state index contributed by atoms with van der Waals surface area (Å²) < 4.78 is 19.2. The number of carbonyl (C=O) groups excluding carboxylic acids is 1. The second-order valence-corrected chi connectivity index (χ2v) is 7.54. The van der Waals surface area contributed by atoms with Crippen molar-refractivity contribution >= 4 is 5.91 Å². The molecule has 8 heteroatoms. The Morgan fingerprint density at radius 1 is 0.971 bits per heavy atom. The van der Waals surface area contributed by atoms with E-state index in [0.717, 1.165) is 5.56 Å². The van der Waals surface area contributed by atoms with Crippen LogP contribution in [0.15, 0.2) is 89.7 Å². The average molecular weight is 459 g/mol. The van der Waals surface area contributed by atoms with Crippen molar-refractivity contribution in [3.63, 3.8) is 0 Å². The van der Waals surface area contributed by atoms with Gasteiger partial charge in [-0.15, -0.1) is 0 Å². The van der Waals surface area contributed by atoms with Gasteiger partial charge >= 0.3 is 0 Å². The van der Waals surface area contributed by atoms with Crippen molar-refractivity contribution in [2.24, 2.45) is 0 Å². The number of H-pyrrole nitrogens is 1. The highest BCUT2D eigenvalue weighted by molar-refractivity contribution is 5.94. The quantitative estimate of drug-likeness (QED) is 0.371. The molecule has 0 aliphatic rings. The average Bonchev–Trinajstić information content (AvgIpc) is 2.87. The van der Waals surface area contributed by atoms with E-state index in [2.05, 4.69) is 15.3 Å². The lowest BCUT2D eigenvalue weighted by atomic mass is 10.1. The maximum atomic E-state index is 13.1. The number of amides is 1. The third-order valence-electron chi connectivity index (χ3n) is 5.10. The molecule has 3 N–H and O–H groups in total. The highest BCUT2D eigenvalue weighted by Gasteiger charge is 2.24. The van der Waals surface area contributed by atoms with Gasteiger partial charge in [-0.05, 0) is 28.8 Å². The smallest absolute Gasteiger partial charge is 0.294 e. The van der Waals surface area contributed by atoms with Gasteiger partial charge in [-0.2, -0.15) is 0 Å². The molecule has 1 atom stereocenters. The van der Waals surface area contributed by atoms with Crippen molar-refractivity contribution in [1.82, 2.24) is 15.3 Å². The first kappa shape index (κ1) is 22.9. The lowest BCUT2D eigenvalue weighted by Gasteiger charge is -2.19. The van der Waals surface area contributed by atoms with Gasteiger partial charge in [0, 0.05) is 6.54 Å². The minimum Gasteiger partial charge on any atom is -0.501 e. The zero-order valence-corrected chi connectivity index (χ0v) is 18.1. The van der Waals surface area contributed by atoms with Crippen LogP contribution < -0.4 is 10.9 Å². The third kappa shape index (κ3) is 5.54. The minimum absolute atomic E-state index is 0.0645. The molecule has 4 rings (SSSR count). The zero-order valence-electron chi connectivity index (χ0n) is 18.1. The summed E-state index contributed by atoms with van der Waals surface area (Å²) in [6.07, 6.45) is -0.793. The number of hydrogen-bond acceptors (Lipinski definition) is 5. The summed E-state index contributed by atoms with van der Waals surface area (Å²) >= 11 is 0. The van der Waals surface area contributed by atoms with E-state index >= 15 is 0 Å². The third-order valence-corrected chi connectivity index (χ3v) is 5.10. The van der Waals surface area contributed by atoms with Gasteiger partial charge in [-0.25, -0.2) is 9.37 Å². The standard InChI is InChI=1S/C26H22FN3O4/c27-20-13-11-17(12-14-20)15-28-25(32)21-22(31)26(33)30-24(29-21)23(19-9-5-2-6-10-19)34-16-18-7-3-1-4-8-18/h1-14,23,31H,15-16H2,(H,28,32)(H,29,30,33). The van der Waals surface area contributed by atoms with E-state index in [0.29, 0.717) is 11.1 Å². The predicted octanol–water partition coefficient (Wildman–Crippen LogP) is 3.85. The van der Waals surface area contributed by atoms with E-state index in [-0.39, 0.29) is 19.0 Å². The molecule has 0 aliphatic carbocycles. The van der Waals surface area contributed by atoms with Gasteiger partial charge in [0.05, 0.1) is 6.61 Å². The monoisotopic (exact) mass is 459 g/mol. The maximum absolute atomic E-state index is 13.1. The Labute approximate surface area is 194 Å². The Morgan fingerprint density at radius 3 is 2.29 bits per heavy atom. The molecule has 7 nitrogen and oxygen atoms in total. The number of aromatic amines is 1. The fourth-order valence-corrected chi connectivity index (χ4v) is 3.35. The second-order valence-electron chi connectivity index (χ2n) is 7.54. The van der Waals surface area contributed by atoms with Gasteiger partial charge in [0.15, 0.2) is 5.69 Å². The molecular formula is C26H22FN3O4. The Kier molecular flexibility index (Phi) is 7.10. The number of halogens is 1. The van der Waals surface area contributed by atoms with Crippen LogP contribution in [0.2, 0.25) is 0 Å². The van der Waals surface area contributed by atoms with Crippen molar-refractivity contribution in [1.29, 1.82) is 0 Å². The number of nitrogens with one attached hydrogen (secondary N) is 2. The molecule has 0 spiro atoms. The summed E-state index contributed by atoms with van der Waals surface area (Å²) in [5, 5.41) is 12.8. The van der Waals surface area contributed by atoms with Crippen molar-refractivity contribution in [2.45, 2.75) is 19.3 Å². The summed E-state index contributed by atoms with van der Waals surface area (Å²) in [4.78, 5) is 32.0. The molecule has 4 aromatic rings. The fourth-order valence-electron chi connectivity index (χ4n) is 3.35. The Hall–Kier alpha value is -4.30. The van der Waals surface area contributed by atoms with E-state index < -0.39 is 34.8 Å². The number of aromatic nitrogens is 2. The molecule has 0 fully saturated rings. The van der Waals surface area contributed by atoms with Gasteiger partial charge in [0.25, 0.3) is 11.5 Å². The van der Waals surface area contributed by atoms with Crippen LogP contribution in [0.3, 0.4) is 0 Å². The van der Waals surface area contributed by atoms with Gasteiger partial charge in [-0.1, -0.05) is 72.8 Å². The van der Waals surface area contributed by atoms with Crippen molar-refractivity contribution in [3.05, 3.63) is 129 Å². The molecule has 1 amide bonds. The summed E-state index contributed by atoms with van der Waals surface area (Å²) in [6, 6.07) is 24.2. The van der Waals surface area contributed by atoms with E-state index in [1.54, 1.807) is 0 Å². The summed E-state index contributed by atoms with van der Waals surface area (Å²) in [5.74, 6) is -1.85. The van der Waals surface area contributed by atoms with E-state index in [4.69, 9.17) is 4.74 Å². The number of rotatable bonds is 8. The number of benzene rings is 3. The minimum atomic E-state index is -0.860. The molecule has 0 saturated heterocycles. The summed E-state index contributed by atoms with van der Waals surface area (Å²) in [6.45, 7) is 0.298. The van der Waals surface area contributed by atoms with Crippen LogP contribution in [-0.2, 0) is 17.9 Å². The number of carbonyl (C=O) groups is 1. The molecule has 0 saturated carbocycles. The Morgan fingerprint density at radius 2 is 1.62 bits per heavy atom. The first-order valence-electron chi connectivity index (χ1n) is 10.6. The van der Waals surface area contributed by atoms with E-state index in [1.807, 2.05) is 60.7 Å². The molecule has 172 valence electrons. The normalized spacial score (nSPS) is 11.7. The summed E-state index contributed by atoms with van der Waals surface area (Å²) in [5.41, 5.74) is 0.991. The maximum Gasteiger partial charge on any atom is 0.294 e. The SMILES string of the molecule is O=C(NCc1ccc(F)cc1)c1nc(C(OCc2ccccc2)c2ccccc2)[nH]c(=O)c1O. The Balaban J connectivity index is 1.61. The number of nitrogens with zero attached hydrogens (tertiary/aromatic N) is 1. The van der Waals surface area contributed by atoms with Crippen LogP contribution in [0.4, 0.5) is 4.39 Å². The largest absolute Gasteiger partial charge is 0.501 e. The number of hydrogen-bond donors (Lipinski definition) is 3. The highest BCUT2D eigenvalue weighted by atomic mass is 19.1. The van der Waals surface area contributed by atoms with Crippen molar-refractivity contribution < 1.29 is 19.0 Å². The molecule has 0 aliphatic heterocycles. The molecule has 0 bridgehead atoms. The van der Waals surface area contributed by atoms with Gasteiger partial charge in [-0.3, -0.25) is 9.59 Å². The van der Waals surface area contributed by atoms with Crippen molar-refractivity contribution in [3.8, 4) is 5.75 Å². The second kappa shape index (κ2) is 10.5. The molecule has 1 heterocycles. The molecule has 3 aromatic carbocycles. The van der Waals surface area contributed by atoms with E-state index in [1.165, 1.54) is 24.3 Å². The predicted molar refractivity (Wildman–Crippen MR) is 124 cm³/mol. The first-order chi connectivity index (χ1) is 16.5. The topological polar surface area (TPSA) is 104 Å². The van der Waals surface area contributed by atoms with E-state index in [9.17, 15) is 19.1 Å². The summed E-state index contributed by atoms with van der Waals surface area (Å²) in [7, 11) is 0. The highest BCUT2D eigenvalue weighted by Crippen LogP contribution is 2.25. The van der Waals surface area contributed by atoms with Crippen LogP contribution in [-0.4, -0.2) is 21.0 Å². The molecule has 1 unspecified atom stereocenters.